The summed E-state index contributed by atoms with van der Waals surface area (Å²) in [6.45, 7) is 3.63. The minimum absolute atomic E-state index is 0.207. The van der Waals surface area contributed by atoms with Crippen LogP contribution in [-0.4, -0.2) is 36.3 Å². The molecule has 0 bridgehead atoms. The second-order valence-electron chi connectivity index (χ2n) is 6.47. The van der Waals surface area contributed by atoms with E-state index in [1.165, 1.54) is 0 Å². The third-order valence-electron chi connectivity index (χ3n) is 4.68. The molecule has 3 aromatic heterocycles. The third kappa shape index (κ3) is 2.40. The van der Waals surface area contributed by atoms with Crippen molar-refractivity contribution in [2.45, 2.75) is 19.5 Å². The van der Waals surface area contributed by atoms with E-state index in [1.807, 2.05) is 48.7 Å². The molecule has 0 aliphatic carbocycles. The number of aromatic nitrogens is 6. The number of anilines is 1. The van der Waals surface area contributed by atoms with E-state index in [0.717, 1.165) is 40.7 Å². The Morgan fingerprint density at radius 2 is 1.81 bits per heavy atom. The summed E-state index contributed by atoms with van der Waals surface area (Å²) in [5.74, 6) is 2.60. The monoisotopic (exact) mass is 343 g/mol. The van der Waals surface area contributed by atoms with Crippen LogP contribution in [0.2, 0.25) is 0 Å². The van der Waals surface area contributed by atoms with Crippen molar-refractivity contribution in [1.82, 2.24) is 29.7 Å². The predicted molar refractivity (Wildman–Crippen MR) is 98.6 cm³/mol. The molecule has 4 heterocycles. The van der Waals surface area contributed by atoms with Crippen molar-refractivity contribution < 1.29 is 0 Å². The summed E-state index contributed by atoms with van der Waals surface area (Å²) in [6.07, 6.45) is 3.61. The van der Waals surface area contributed by atoms with Crippen LogP contribution in [0.3, 0.4) is 0 Å². The van der Waals surface area contributed by atoms with Crippen molar-refractivity contribution in [3.05, 3.63) is 60.7 Å². The number of para-hydroxylation sites is 2. The summed E-state index contributed by atoms with van der Waals surface area (Å²) in [7, 11) is 0. The molecule has 1 aromatic carbocycles. The zero-order valence-electron chi connectivity index (χ0n) is 14.3. The fourth-order valence-electron chi connectivity index (χ4n) is 3.47. The molecule has 0 amide bonds. The fraction of sp³-hybridized carbons (Fsp3) is 0.211. The van der Waals surface area contributed by atoms with Crippen molar-refractivity contribution in [3.8, 4) is 11.5 Å². The lowest BCUT2D eigenvalue weighted by molar-refractivity contribution is 0.464. The molecule has 0 N–H and O–H groups in total. The smallest absolute Gasteiger partial charge is 0.182 e. The van der Waals surface area contributed by atoms with Gasteiger partial charge in [0.2, 0.25) is 0 Å². The summed E-state index contributed by atoms with van der Waals surface area (Å²) in [5, 5.41) is 8.79. The average molecular weight is 343 g/mol. The molecule has 0 saturated carbocycles. The van der Waals surface area contributed by atoms with Crippen LogP contribution in [-0.2, 0) is 6.54 Å². The molecular weight excluding hydrogens is 326 g/mol. The van der Waals surface area contributed by atoms with Crippen LogP contribution >= 0.6 is 0 Å². The van der Waals surface area contributed by atoms with Crippen molar-refractivity contribution in [2.75, 3.05) is 11.4 Å². The van der Waals surface area contributed by atoms with E-state index < -0.39 is 0 Å². The molecule has 1 aliphatic rings. The zero-order valence-corrected chi connectivity index (χ0v) is 14.3. The largest absolute Gasteiger partial charge is 0.346 e. The van der Waals surface area contributed by atoms with E-state index in [4.69, 9.17) is 4.98 Å². The van der Waals surface area contributed by atoms with Gasteiger partial charge in [-0.3, -0.25) is 9.97 Å². The summed E-state index contributed by atoms with van der Waals surface area (Å²) < 4.78 is 2.17. The zero-order chi connectivity index (χ0) is 17.5. The van der Waals surface area contributed by atoms with E-state index in [1.54, 1.807) is 6.20 Å². The normalized spacial score (nSPS) is 16.7. The van der Waals surface area contributed by atoms with Crippen molar-refractivity contribution in [3.63, 3.8) is 0 Å². The molecule has 1 aliphatic heterocycles. The molecular formula is C19H17N7. The lowest BCUT2D eigenvalue weighted by atomic mass is 10.2. The highest BCUT2D eigenvalue weighted by Crippen LogP contribution is 2.29. The molecule has 1 atom stereocenters. The van der Waals surface area contributed by atoms with Gasteiger partial charge in [-0.2, -0.15) is 0 Å². The van der Waals surface area contributed by atoms with Gasteiger partial charge in [0.05, 0.1) is 29.8 Å². The van der Waals surface area contributed by atoms with E-state index in [2.05, 4.69) is 36.6 Å². The number of fused-ring (bicyclic) bond motifs is 2. The average Bonchev–Trinajstić information content (AvgIpc) is 3.13. The Labute approximate surface area is 150 Å². The Balaban J connectivity index is 1.51. The second-order valence-corrected chi connectivity index (χ2v) is 6.47. The summed E-state index contributed by atoms with van der Waals surface area (Å²) in [4.78, 5) is 15.9. The quantitative estimate of drug-likeness (QED) is 0.557. The number of hydrogen-bond donors (Lipinski definition) is 0. The third-order valence-corrected chi connectivity index (χ3v) is 4.68. The van der Waals surface area contributed by atoms with Crippen LogP contribution in [0.25, 0.3) is 22.6 Å². The SMILES string of the molecule is C[C@H]1CN(c2cnc3ccccc3n2)Cc2nnc(-c3ccccn3)n21. The van der Waals surface area contributed by atoms with Crippen molar-refractivity contribution >= 4 is 16.9 Å². The van der Waals surface area contributed by atoms with Gasteiger partial charge in [-0.15, -0.1) is 10.2 Å². The van der Waals surface area contributed by atoms with E-state index in [9.17, 15) is 0 Å². The first-order chi connectivity index (χ1) is 12.8. The Bertz CT molecular complexity index is 1070. The van der Waals surface area contributed by atoms with Crippen LogP contribution in [0, 0.1) is 0 Å². The molecule has 7 nitrogen and oxygen atoms in total. The van der Waals surface area contributed by atoms with Gasteiger partial charge in [-0.05, 0) is 31.2 Å². The molecule has 4 aromatic rings. The number of pyridine rings is 1. The first kappa shape index (κ1) is 14.9. The molecule has 0 unspecified atom stereocenters. The number of hydrogen-bond acceptors (Lipinski definition) is 6. The summed E-state index contributed by atoms with van der Waals surface area (Å²) >= 11 is 0. The molecule has 5 rings (SSSR count). The van der Waals surface area contributed by atoms with Gasteiger partial charge in [-0.1, -0.05) is 18.2 Å². The van der Waals surface area contributed by atoms with Gasteiger partial charge < -0.3 is 9.47 Å². The second kappa shape index (κ2) is 5.87. The molecule has 26 heavy (non-hydrogen) atoms. The molecule has 7 heteroatoms. The number of nitrogens with zero attached hydrogens (tertiary/aromatic N) is 7. The first-order valence-electron chi connectivity index (χ1n) is 8.61. The van der Waals surface area contributed by atoms with E-state index in [-0.39, 0.29) is 6.04 Å². The van der Waals surface area contributed by atoms with Crippen LogP contribution in [0.4, 0.5) is 5.82 Å². The van der Waals surface area contributed by atoms with Gasteiger partial charge in [0.25, 0.3) is 0 Å². The first-order valence-corrected chi connectivity index (χ1v) is 8.61. The molecule has 0 fully saturated rings. The minimum Gasteiger partial charge on any atom is -0.346 e. The topological polar surface area (TPSA) is 72.6 Å². The van der Waals surface area contributed by atoms with Crippen LogP contribution in [0.15, 0.2) is 54.9 Å². The Morgan fingerprint density at radius 3 is 2.65 bits per heavy atom. The fourth-order valence-corrected chi connectivity index (χ4v) is 3.47. The Morgan fingerprint density at radius 1 is 0.962 bits per heavy atom. The lowest BCUT2D eigenvalue weighted by Gasteiger charge is -2.33. The maximum atomic E-state index is 4.76. The van der Waals surface area contributed by atoms with Crippen molar-refractivity contribution in [1.29, 1.82) is 0 Å². The predicted octanol–water partition coefficient (Wildman–Crippen LogP) is 2.86. The highest BCUT2D eigenvalue weighted by Gasteiger charge is 2.28. The molecule has 0 spiro atoms. The van der Waals surface area contributed by atoms with Gasteiger partial charge in [0, 0.05) is 12.7 Å². The lowest BCUT2D eigenvalue weighted by Crippen LogP contribution is -2.37. The standard InChI is InChI=1S/C19H17N7/c1-13-11-25(17-10-21-14-6-2-3-7-15(14)22-17)12-18-23-24-19(26(13)18)16-8-4-5-9-20-16/h2-10,13H,11-12H2,1H3/t13-/m0/s1. The van der Waals surface area contributed by atoms with E-state index in [0.29, 0.717) is 6.54 Å². The summed E-state index contributed by atoms with van der Waals surface area (Å²) in [5.41, 5.74) is 2.65. The Hall–Kier alpha value is -3.35. The van der Waals surface area contributed by atoms with Gasteiger partial charge in [0.15, 0.2) is 11.6 Å². The summed E-state index contributed by atoms with van der Waals surface area (Å²) in [6, 6.07) is 14.0. The van der Waals surface area contributed by atoms with E-state index >= 15 is 0 Å². The number of rotatable bonds is 2. The highest BCUT2D eigenvalue weighted by molar-refractivity contribution is 5.75. The highest BCUT2D eigenvalue weighted by atomic mass is 15.4. The van der Waals surface area contributed by atoms with Crippen molar-refractivity contribution in [2.24, 2.45) is 0 Å². The van der Waals surface area contributed by atoms with Gasteiger partial charge in [-0.25, -0.2) is 4.98 Å². The van der Waals surface area contributed by atoms with Gasteiger partial charge in [0.1, 0.15) is 11.5 Å². The Kier molecular flexibility index (Phi) is 3.38. The van der Waals surface area contributed by atoms with Crippen LogP contribution < -0.4 is 4.90 Å². The van der Waals surface area contributed by atoms with Crippen LogP contribution in [0.1, 0.15) is 18.8 Å². The maximum absolute atomic E-state index is 4.76. The molecule has 128 valence electrons. The number of benzene rings is 1. The van der Waals surface area contributed by atoms with Gasteiger partial charge >= 0.3 is 0 Å². The van der Waals surface area contributed by atoms with Crippen LogP contribution in [0.5, 0.6) is 0 Å². The minimum atomic E-state index is 0.207. The maximum Gasteiger partial charge on any atom is 0.182 e. The molecule has 0 radical (unpaired) electrons. The molecule has 0 saturated heterocycles.